The average Bonchev–Trinajstić information content (AvgIpc) is 2.27. The highest BCUT2D eigenvalue weighted by molar-refractivity contribution is 5.76. The number of benzene rings is 1. The number of rotatable bonds is 5. The van der Waals surface area contributed by atoms with Crippen molar-refractivity contribution in [3.05, 3.63) is 28.8 Å². The molecule has 1 amide bonds. The van der Waals surface area contributed by atoms with Gasteiger partial charge >= 0.3 is 6.41 Å². The molecular formula is C16H24NO. The number of carbonyl (C=O) groups excluding carboxylic acids is 1. The van der Waals surface area contributed by atoms with Gasteiger partial charge in [0.1, 0.15) is 0 Å². The maximum Gasteiger partial charge on any atom is 0.314 e. The molecule has 0 aliphatic rings. The van der Waals surface area contributed by atoms with Gasteiger partial charge < -0.3 is 5.32 Å². The van der Waals surface area contributed by atoms with Crippen LogP contribution >= 0.6 is 0 Å². The molecule has 0 aliphatic heterocycles. The highest BCUT2D eigenvalue weighted by atomic mass is 16.1. The van der Waals surface area contributed by atoms with Crippen LogP contribution in [0.15, 0.2) is 12.1 Å². The number of hydrogen-bond donors (Lipinski definition) is 1. The van der Waals surface area contributed by atoms with Crippen LogP contribution in [0.3, 0.4) is 0 Å². The van der Waals surface area contributed by atoms with Crippen LogP contribution in [0.4, 0.5) is 5.69 Å². The first-order chi connectivity index (χ1) is 8.40. The van der Waals surface area contributed by atoms with Crippen molar-refractivity contribution in [1.29, 1.82) is 0 Å². The fraction of sp³-hybridized carbons (Fsp3) is 0.562. The molecule has 1 radical (unpaired) electrons. The van der Waals surface area contributed by atoms with Gasteiger partial charge in [-0.25, -0.2) is 0 Å². The second-order valence-electron chi connectivity index (χ2n) is 5.72. The SMILES string of the molecule is CC(C)c1ccc(N[C]=O)c(C(C)C)c1C(C)C. The minimum absolute atomic E-state index is 0.386. The molecule has 0 aromatic heterocycles. The molecule has 0 aliphatic carbocycles. The van der Waals surface area contributed by atoms with Crippen molar-refractivity contribution < 1.29 is 4.79 Å². The minimum Gasteiger partial charge on any atom is -0.318 e. The molecule has 0 unspecified atom stereocenters. The Bertz CT molecular complexity index is 419. The summed E-state index contributed by atoms with van der Waals surface area (Å²) >= 11 is 0. The third kappa shape index (κ3) is 2.92. The fourth-order valence-corrected chi connectivity index (χ4v) is 2.59. The maximum absolute atomic E-state index is 10.6. The van der Waals surface area contributed by atoms with Gasteiger partial charge in [-0.15, -0.1) is 0 Å². The van der Waals surface area contributed by atoms with E-state index in [4.69, 9.17) is 0 Å². The van der Waals surface area contributed by atoms with Gasteiger partial charge in [-0.05, 0) is 40.5 Å². The van der Waals surface area contributed by atoms with Crippen LogP contribution in [0.2, 0.25) is 0 Å². The third-order valence-corrected chi connectivity index (χ3v) is 3.28. The molecule has 0 fully saturated rings. The van der Waals surface area contributed by atoms with Crippen molar-refractivity contribution in [2.75, 3.05) is 5.32 Å². The van der Waals surface area contributed by atoms with Crippen molar-refractivity contribution in [3.8, 4) is 0 Å². The summed E-state index contributed by atoms with van der Waals surface area (Å²) in [6, 6.07) is 4.13. The molecule has 0 bridgehead atoms. The summed E-state index contributed by atoms with van der Waals surface area (Å²) in [5, 5.41) is 2.71. The smallest absolute Gasteiger partial charge is 0.314 e. The molecule has 0 saturated heterocycles. The normalized spacial score (nSPS) is 11.4. The second kappa shape index (κ2) is 6.03. The van der Waals surface area contributed by atoms with Crippen molar-refractivity contribution in [2.24, 2.45) is 0 Å². The van der Waals surface area contributed by atoms with E-state index in [9.17, 15) is 4.79 Å². The van der Waals surface area contributed by atoms with E-state index < -0.39 is 0 Å². The lowest BCUT2D eigenvalue weighted by Crippen LogP contribution is -2.09. The van der Waals surface area contributed by atoms with E-state index in [2.05, 4.69) is 52.9 Å². The monoisotopic (exact) mass is 246 g/mol. The van der Waals surface area contributed by atoms with Gasteiger partial charge in [-0.3, -0.25) is 4.79 Å². The van der Waals surface area contributed by atoms with Crippen molar-refractivity contribution >= 4 is 12.1 Å². The topological polar surface area (TPSA) is 29.1 Å². The summed E-state index contributed by atoms with van der Waals surface area (Å²) in [6.07, 6.45) is 1.79. The van der Waals surface area contributed by atoms with Gasteiger partial charge in [-0.1, -0.05) is 47.6 Å². The van der Waals surface area contributed by atoms with Crippen molar-refractivity contribution in [1.82, 2.24) is 0 Å². The molecule has 1 aromatic rings. The first-order valence-corrected chi connectivity index (χ1v) is 6.69. The zero-order valence-corrected chi connectivity index (χ0v) is 12.3. The molecule has 99 valence electrons. The highest BCUT2D eigenvalue weighted by Crippen LogP contribution is 2.37. The molecule has 18 heavy (non-hydrogen) atoms. The molecule has 1 rings (SSSR count). The van der Waals surface area contributed by atoms with E-state index in [1.54, 1.807) is 6.41 Å². The lowest BCUT2D eigenvalue weighted by Gasteiger charge is -2.24. The average molecular weight is 246 g/mol. The van der Waals surface area contributed by atoms with Gasteiger partial charge in [0, 0.05) is 5.69 Å². The molecule has 0 saturated carbocycles. The molecule has 2 heteroatoms. The number of hydrogen-bond acceptors (Lipinski definition) is 1. The predicted molar refractivity (Wildman–Crippen MR) is 78.0 cm³/mol. The zero-order valence-electron chi connectivity index (χ0n) is 12.3. The Hall–Kier alpha value is -1.31. The first kappa shape index (κ1) is 14.7. The largest absolute Gasteiger partial charge is 0.318 e. The molecule has 0 atom stereocenters. The van der Waals surface area contributed by atoms with Crippen molar-refractivity contribution in [2.45, 2.75) is 59.3 Å². The van der Waals surface area contributed by atoms with E-state index in [1.165, 1.54) is 16.7 Å². The Morgan fingerprint density at radius 1 is 0.889 bits per heavy atom. The second-order valence-corrected chi connectivity index (χ2v) is 5.72. The van der Waals surface area contributed by atoms with Crippen molar-refractivity contribution in [3.63, 3.8) is 0 Å². The Morgan fingerprint density at radius 3 is 1.83 bits per heavy atom. The summed E-state index contributed by atoms with van der Waals surface area (Å²) in [4.78, 5) is 10.6. The van der Waals surface area contributed by atoms with Gasteiger partial charge in [0.25, 0.3) is 0 Å². The van der Waals surface area contributed by atoms with E-state index >= 15 is 0 Å². The zero-order chi connectivity index (χ0) is 13.9. The number of nitrogens with one attached hydrogen (secondary N) is 1. The summed E-state index contributed by atoms with van der Waals surface area (Å²) in [5.74, 6) is 1.33. The lowest BCUT2D eigenvalue weighted by atomic mass is 9.82. The summed E-state index contributed by atoms with van der Waals surface area (Å²) in [6.45, 7) is 13.2. The van der Waals surface area contributed by atoms with Crippen LogP contribution in [0, 0.1) is 0 Å². The summed E-state index contributed by atoms with van der Waals surface area (Å²) < 4.78 is 0. The number of anilines is 1. The Balaban J connectivity index is 3.54. The van der Waals surface area contributed by atoms with E-state index in [1.807, 2.05) is 6.07 Å². The summed E-state index contributed by atoms with van der Waals surface area (Å²) in [5.41, 5.74) is 4.90. The Kier molecular flexibility index (Phi) is 4.94. The molecule has 0 heterocycles. The molecular weight excluding hydrogens is 222 g/mol. The standard InChI is InChI=1S/C16H24NO/c1-10(2)13-7-8-14(17-9-18)16(12(5)6)15(13)11(3)4/h7-8,10-12H,1-6H3,(H,17,18). The van der Waals surface area contributed by atoms with Gasteiger partial charge in [0.05, 0.1) is 0 Å². The Labute approximate surface area is 111 Å². The third-order valence-electron chi connectivity index (χ3n) is 3.28. The van der Waals surface area contributed by atoms with Crippen LogP contribution in [-0.2, 0) is 4.79 Å². The van der Waals surface area contributed by atoms with E-state index in [0.717, 1.165) is 5.69 Å². The molecule has 1 N–H and O–H groups in total. The van der Waals surface area contributed by atoms with Crippen LogP contribution in [0.1, 0.15) is 76.0 Å². The fourth-order valence-electron chi connectivity index (χ4n) is 2.59. The molecule has 0 spiro atoms. The van der Waals surface area contributed by atoms with Crippen LogP contribution in [0.5, 0.6) is 0 Å². The number of amides is 1. The van der Waals surface area contributed by atoms with Gasteiger partial charge in [0.15, 0.2) is 0 Å². The summed E-state index contributed by atoms with van der Waals surface area (Å²) in [7, 11) is 0. The van der Waals surface area contributed by atoms with E-state index in [-0.39, 0.29) is 0 Å². The maximum atomic E-state index is 10.6. The Morgan fingerprint density at radius 2 is 1.44 bits per heavy atom. The van der Waals surface area contributed by atoms with Gasteiger partial charge in [-0.2, -0.15) is 0 Å². The quantitative estimate of drug-likeness (QED) is 0.759. The first-order valence-electron chi connectivity index (χ1n) is 6.69. The van der Waals surface area contributed by atoms with Gasteiger partial charge in [0.2, 0.25) is 0 Å². The highest BCUT2D eigenvalue weighted by Gasteiger charge is 2.19. The molecule has 2 nitrogen and oxygen atoms in total. The van der Waals surface area contributed by atoms with Crippen LogP contribution in [-0.4, -0.2) is 6.41 Å². The van der Waals surface area contributed by atoms with Crippen LogP contribution in [0.25, 0.3) is 0 Å². The van der Waals surface area contributed by atoms with Crippen LogP contribution < -0.4 is 5.32 Å². The minimum atomic E-state index is 0.386. The predicted octanol–water partition coefficient (Wildman–Crippen LogP) is 4.54. The molecule has 1 aromatic carbocycles. The van der Waals surface area contributed by atoms with E-state index in [0.29, 0.717) is 17.8 Å². The lowest BCUT2D eigenvalue weighted by molar-refractivity contribution is 0.561.